The number of fused-ring (bicyclic) bond motifs is 1. The van der Waals surface area contributed by atoms with Crippen LogP contribution in [0, 0.1) is 0 Å². The van der Waals surface area contributed by atoms with Crippen LogP contribution in [-0.4, -0.2) is 60.5 Å². The van der Waals surface area contributed by atoms with Gasteiger partial charge >= 0.3 is 0 Å². The summed E-state index contributed by atoms with van der Waals surface area (Å²) in [4.78, 5) is 18.3. The van der Waals surface area contributed by atoms with E-state index in [1.807, 2.05) is 72.9 Å². The van der Waals surface area contributed by atoms with Crippen LogP contribution in [-0.2, 0) is 7.05 Å². The number of nitrogens with zero attached hydrogens (tertiary/aromatic N) is 9. The van der Waals surface area contributed by atoms with E-state index in [9.17, 15) is 0 Å². The second-order valence-electron chi connectivity index (χ2n) is 8.72. The minimum Gasteiger partial charge on any atom is -0.351 e. The van der Waals surface area contributed by atoms with Crippen LogP contribution in [0.1, 0.15) is 17.2 Å². The van der Waals surface area contributed by atoms with Crippen LogP contribution in [0.25, 0.3) is 16.6 Å². The van der Waals surface area contributed by atoms with Gasteiger partial charge in [0.05, 0.1) is 12.2 Å². The molecular weight excluding hydrogens is 440 g/mol. The highest BCUT2D eigenvalue weighted by Gasteiger charge is 2.23. The molecule has 1 atom stereocenters. The van der Waals surface area contributed by atoms with Crippen molar-refractivity contribution in [3.8, 4) is 11.1 Å². The average molecular weight is 467 g/mol. The van der Waals surface area contributed by atoms with E-state index in [0.717, 1.165) is 65.7 Å². The zero-order valence-corrected chi connectivity index (χ0v) is 19.4. The van der Waals surface area contributed by atoms with Gasteiger partial charge in [-0.3, -0.25) is 4.68 Å². The third-order valence-corrected chi connectivity index (χ3v) is 6.46. The molecule has 1 fully saturated rings. The summed E-state index contributed by atoms with van der Waals surface area (Å²) in [6, 6.07) is 11.9. The molecule has 0 bridgehead atoms. The summed E-state index contributed by atoms with van der Waals surface area (Å²) in [6.45, 7) is 3.23. The molecule has 1 aliphatic rings. The zero-order valence-electron chi connectivity index (χ0n) is 19.4. The van der Waals surface area contributed by atoms with Gasteiger partial charge in [-0.15, -0.1) is 0 Å². The molecule has 6 rings (SSSR count). The lowest BCUT2D eigenvalue weighted by Gasteiger charge is -2.35. The van der Waals surface area contributed by atoms with Crippen molar-refractivity contribution < 1.29 is 0 Å². The molecule has 0 amide bonds. The molecule has 176 valence electrons. The monoisotopic (exact) mass is 466 g/mol. The van der Waals surface area contributed by atoms with E-state index in [1.165, 1.54) is 0 Å². The molecule has 1 aliphatic heterocycles. The molecule has 10 nitrogen and oxygen atoms in total. The number of aryl methyl sites for hydroxylation is 1. The van der Waals surface area contributed by atoms with Crippen LogP contribution >= 0.6 is 0 Å². The predicted octanol–water partition coefficient (Wildman–Crippen LogP) is 2.29. The molecule has 0 aliphatic carbocycles. The molecule has 0 radical (unpaired) electrons. The lowest BCUT2D eigenvalue weighted by molar-refractivity contribution is 0.632. The first-order valence-electron chi connectivity index (χ1n) is 11.6. The molecule has 0 unspecified atom stereocenters. The number of anilines is 2. The predicted molar refractivity (Wildman–Crippen MR) is 134 cm³/mol. The van der Waals surface area contributed by atoms with Crippen molar-refractivity contribution >= 4 is 17.3 Å². The highest BCUT2D eigenvalue weighted by molar-refractivity contribution is 5.77. The van der Waals surface area contributed by atoms with Crippen LogP contribution in [0.2, 0.25) is 0 Å². The van der Waals surface area contributed by atoms with E-state index >= 15 is 0 Å². The molecule has 1 aromatic carbocycles. The Morgan fingerprint density at radius 1 is 0.800 bits per heavy atom. The Kier molecular flexibility index (Phi) is 5.34. The number of piperazine rings is 1. The Bertz CT molecular complexity index is 1430. The van der Waals surface area contributed by atoms with E-state index in [4.69, 9.17) is 5.73 Å². The minimum atomic E-state index is -0.235. The smallest absolute Gasteiger partial charge is 0.225 e. The summed E-state index contributed by atoms with van der Waals surface area (Å²) < 4.78 is 3.68. The Balaban J connectivity index is 1.16. The van der Waals surface area contributed by atoms with E-state index < -0.39 is 0 Å². The number of hydrogen-bond acceptors (Lipinski definition) is 8. The van der Waals surface area contributed by atoms with Crippen molar-refractivity contribution in [2.75, 3.05) is 36.0 Å². The minimum absolute atomic E-state index is 0.235. The van der Waals surface area contributed by atoms with Crippen molar-refractivity contribution in [2.24, 2.45) is 12.8 Å². The van der Waals surface area contributed by atoms with Gasteiger partial charge in [0.25, 0.3) is 0 Å². The fraction of sp³-hybridized carbons (Fsp3) is 0.240. The topological polar surface area (TPSA) is 106 Å². The highest BCUT2D eigenvalue weighted by atomic mass is 15.4. The fourth-order valence-electron chi connectivity index (χ4n) is 4.51. The lowest BCUT2D eigenvalue weighted by Crippen LogP contribution is -2.47. The zero-order chi connectivity index (χ0) is 23.8. The molecule has 0 saturated carbocycles. The molecule has 35 heavy (non-hydrogen) atoms. The Morgan fingerprint density at radius 2 is 1.54 bits per heavy atom. The van der Waals surface area contributed by atoms with Gasteiger partial charge < -0.3 is 15.5 Å². The van der Waals surface area contributed by atoms with Gasteiger partial charge in [-0.05, 0) is 11.6 Å². The van der Waals surface area contributed by atoms with Crippen LogP contribution in [0.5, 0.6) is 0 Å². The van der Waals surface area contributed by atoms with Gasteiger partial charge in [-0.1, -0.05) is 30.3 Å². The lowest BCUT2D eigenvalue weighted by atomic mass is 10.0. The normalized spacial score (nSPS) is 15.0. The van der Waals surface area contributed by atoms with Crippen LogP contribution in [0.4, 0.5) is 11.8 Å². The molecule has 0 spiro atoms. The third kappa shape index (κ3) is 4.08. The largest absolute Gasteiger partial charge is 0.351 e. The van der Waals surface area contributed by atoms with Crippen molar-refractivity contribution in [2.45, 2.75) is 6.04 Å². The van der Waals surface area contributed by atoms with Crippen LogP contribution < -0.4 is 15.5 Å². The molecule has 5 heterocycles. The van der Waals surface area contributed by atoms with Crippen molar-refractivity contribution in [3.05, 3.63) is 84.8 Å². The summed E-state index contributed by atoms with van der Waals surface area (Å²) in [7, 11) is 1.92. The number of benzene rings is 1. The molecule has 1 saturated heterocycles. The van der Waals surface area contributed by atoms with Crippen molar-refractivity contribution in [1.82, 2.24) is 34.3 Å². The van der Waals surface area contributed by atoms with Crippen molar-refractivity contribution in [1.29, 1.82) is 0 Å². The van der Waals surface area contributed by atoms with Gasteiger partial charge in [0, 0.05) is 74.7 Å². The number of rotatable bonds is 5. The van der Waals surface area contributed by atoms with Gasteiger partial charge in [-0.25, -0.2) is 19.5 Å². The summed E-state index contributed by atoms with van der Waals surface area (Å²) in [5.74, 6) is 1.66. The van der Waals surface area contributed by atoms with E-state index in [0.29, 0.717) is 0 Å². The third-order valence-electron chi connectivity index (χ3n) is 6.46. The summed E-state index contributed by atoms with van der Waals surface area (Å²) in [5.41, 5.74) is 11.5. The van der Waals surface area contributed by atoms with E-state index in [2.05, 4.69) is 41.0 Å². The first-order chi connectivity index (χ1) is 17.2. The maximum absolute atomic E-state index is 6.39. The van der Waals surface area contributed by atoms with E-state index in [1.54, 1.807) is 11.0 Å². The van der Waals surface area contributed by atoms with E-state index in [-0.39, 0.29) is 6.04 Å². The Labute approximate surface area is 202 Å². The standard InChI is InChI=1S/C25H26N10/c1-32-15-21(14-30-32)19-11-22-24(29-17-31-35(22)16-19)33-7-9-34(10-8-33)25-27-12-20(13-28-25)23(26)18-5-3-2-4-6-18/h2-6,11-17,23H,7-10,26H2,1H3/t23-/m1/s1. The fourth-order valence-corrected chi connectivity index (χ4v) is 4.51. The number of hydrogen-bond donors (Lipinski definition) is 1. The maximum Gasteiger partial charge on any atom is 0.225 e. The summed E-state index contributed by atoms with van der Waals surface area (Å²) in [5, 5.41) is 8.69. The molecule has 5 aromatic rings. The Hall–Kier alpha value is -4.31. The quantitative estimate of drug-likeness (QED) is 0.421. The molecule has 2 N–H and O–H groups in total. The first kappa shape index (κ1) is 21.2. The Morgan fingerprint density at radius 3 is 2.26 bits per heavy atom. The van der Waals surface area contributed by atoms with Gasteiger partial charge in [-0.2, -0.15) is 10.2 Å². The number of nitrogens with two attached hydrogens (primary N) is 1. The highest BCUT2D eigenvalue weighted by Crippen LogP contribution is 2.27. The van der Waals surface area contributed by atoms with Crippen LogP contribution in [0.15, 0.2) is 73.7 Å². The van der Waals surface area contributed by atoms with Crippen molar-refractivity contribution in [3.63, 3.8) is 0 Å². The second kappa shape index (κ2) is 8.80. The molecular formula is C25H26N10. The number of aromatic nitrogens is 7. The SMILES string of the molecule is Cn1cc(-c2cc3c(N4CCN(c5ncc([C@H](N)c6ccccc6)cn5)CC4)ncnn3c2)cn1. The summed E-state index contributed by atoms with van der Waals surface area (Å²) >= 11 is 0. The van der Waals surface area contributed by atoms with Gasteiger partial charge in [0.1, 0.15) is 11.8 Å². The molecule has 4 aromatic heterocycles. The second-order valence-corrected chi connectivity index (χ2v) is 8.72. The summed E-state index contributed by atoms with van der Waals surface area (Å²) in [6.07, 6.45) is 11.2. The maximum atomic E-state index is 6.39. The average Bonchev–Trinajstić information content (AvgIpc) is 3.55. The molecule has 10 heteroatoms. The van der Waals surface area contributed by atoms with Gasteiger partial charge in [0.2, 0.25) is 5.95 Å². The van der Waals surface area contributed by atoms with Gasteiger partial charge in [0.15, 0.2) is 5.82 Å². The first-order valence-corrected chi connectivity index (χ1v) is 11.6. The van der Waals surface area contributed by atoms with Crippen LogP contribution in [0.3, 0.4) is 0 Å².